The number of phosphoric ester groups is 1. The van der Waals surface area contributed by atoms with Crippen molar-refractivity contribution in [3.63, 3.8) is 0 Å². The Balaban J connectivity index is 4.15. The molecule has 0 spiro atoms. The van der Waals surface area contributed by atoms with Gasteiger partial charge in [-0.1, -0.05) is 0 Å². The van der Waals surface area contributed by atoms with Crippen LogP contribution in [0.2, 0.25) is 0 Å². The standard InChI is InChI=1S/C4H13O7PSi/c1-10-12(8,9)11-3(6)2(5)4(7)13/h2-7H,1,13H3,(H,8,9). The third-order valence-electron chi connectivity index (χ3n) is 1.26. The van der Waals surface area contributed by atoms with E-state index >= 15 is 0 Å². The molecule has 0 amide bonds. The first-order valence-electron chi connectivity index (χ1n) is 3.41. The van der Waals surface area contributed by atoms with Crippen molar-refractivity contribution in [3.8, 4) is 0 Å². The molecule has 4 unspecified atom stereocenters. The molecule has 0 radical (unpaired) electrons. The second-order valence-electron chi connectivity index (χ2n) is 2.38. The Kier molecular flexibility index (Phi) is 5.26. The highest BCUT2D eigenvalue weighted by atomic mass is 31.2. The average Bonchev–Trinajstić information content (AvgIpc) is 2.02. The van der Waals surface area contributed by atoms with Gasteiger partial charge in [0.1, 0.15) is 6.10 Å². The summed E-state index contributed by atoms with van der Waals surface area (Å²) in [5.74, 6) is 0. The monoisotopic (exact) mass is 232 g/mol. The lowest BCUT2D eigenvalue weighted by molar-refractivity contribution is -0.136. The van der Waals surface area contributed by atoms with Crippen LogP contribution < -0.4 is 0 Å². The van der Waals surface area contributed by atoms with Crippen molar-refractivity contribution in [3.05, 3.63) is 0 Å². The molecule has 0 rings (SSSR count). The Morgan fingerprint density at radius 1 is 1.38 bits per heavy atom. The molecule has 80 valence electrons. The van der Waals surface area contributed by atoms with Gasteiger partial charge >= 0.3 is 7.82 Å². The van der Waals surface area contributed by atoms with Gasteiger partial charge in [0, 0.05) is 17.4 Å². The quantitative estimate of drug-likeness (QED) is 0.228. The molecule has 4 N–H and O–H groups in total. The summed E-state index contributed by atoms with van der Waals surface area (Å²) in [5.41, 5.74) is -1.15. The topological polar surface area (TPSA) is 116 Å². The first kappa shape index (κ1) is 13.2. The molecule has 0 saturated heterocycles. The van der Waals surface area contributed by atoms with E-state index in [-0.39, 0.29) is 10.2 Å². The Hall–Kier alpha value is 0.207. The first-order chi connectivity index (χ1) is 5.80. The second kappa shape index (κ2) is 5.18. The van der Waals surface area contributed by atoms with E-state index in [2.05, 4.69) is 9.05 Å². The summed E-state index contributed by atoms with van der Waals surface area (Å²) in [7, 11) is -3.22. The lowest BCUT2D eigenvalue weighted by Gasteiger charge is -2.21. The lowest BCUT2D eigenvalue weighted by atomic mass is 10.4. The van der Waals surface area contributed by atoms with E-state index in [9.17, 15) is 4.57 Å². The lowest BCUT2D eigenvalue weighted by Crippen LogP contribution is -2.38. The molecule has 0 fully saturated rings. The minimum Gasteiger partial charge on any atom is -0.395 e. The molecule has 13 heavy (non-hydrogen) atoms. The van der Waals surface area contributed by atoms with Gasteiger partial charge in [-0.25, -0.2) is 4.57 Å². The highest BCUT2D eigenvalue weighted by Gasteiger charge is 2.30. The zero-order valence-electron chi connectivity index (χ0n) is 7.19. The average molecular weight is 232 g/mol. The maximum atomic E-state index is 10.7. The van der Waals surface area contributed by atoms with Crippen molar-refractivity contribution in [1.29, 1.82) is 0 Å². The molecule has 9 heteroatoms. The third-order valence-corrected chi connectivity index (χ3v) is 2.89. The SMILES string of the molecule is COP(=O)(O)OC(O)C(O)C(O)[SiH3]. The molecule has 0 bridgehead atoms. The Morgan fingerprint density at radius 3 is 2.15 bits per heavy atom. The summed E-state index contributed by atoms with van der Waals surface area (Å²) < 4.78 is 18.7. The van der Waals surface area contributed by atoms with Crippen molar-refractivity contribution >= 4 is 18.1 Å². The molecule has 0 heterocycles. The minimum atomic E-state index is -4.33. The second-order valence-corrected chi connectivity index (χ2v) is 5.07. The van der Waals surface area contributed by atoms with Crippen LogP contribution in [0.25, 0.3) is 0 Å². The maximum Gasteiger partial charge on any atom is 0.474 e. The smallest absolute Gasteiger partial charge is 0.395 e. The van der Waals surface area contributed by atoms with Crippen molar-refractivity contribution in [2.45, 2.75) is 18.1 Å². The van der Waals surface area contributed by atoms with E-state index in [1.54, 1.807) is 0 Å². The number of aliphatic hydroxyl groups excluding tert-OH is 3. The van der Waals surface area contributed by atoms with Gasteiger partial charge in [0.05, 0.1) is 5.73 Å². The fourth-order valence-corrected chi connectivity index (χ4v) is 1.29. The molecule has 4 atom stereocenters. The number of phosphoric acid groups is 1. The molecule has 0 aromatic carbocycles. The fourth-order valence-electron chi connectivity index (χ4n) is 0.480. The van der Waals surface area contributed by atoms with Crippen LogP contribution in [0.3, 0.4) is 0 Å². The van der Waals surface area contributed by atoms with Gasteiger partial charge in [-0.05, 0) is 0 Å². The van der Waals surface area contributed by atoms with E-state index in [0.717, 1.165) is 7.11 Å². The molecular weight excluding hydrogens is 219 g/mol. The molecule has 0 aromatic rings. The Labute approximate surface area is 78.0 Å². The minimum absolute atomic E-state index is 0.197. The van der Waals surface area contributed by atoms with E-state index in [1.165, 1.54) is 0 Å². The highest BCUT2D eigenvalue weighted by Crippen LogP contribution is 2.43. The summed E-state index contributed by atoms with van der Waals surface area (Å²) in [6.45, 7) is 0. The fraction of sp³-hybridized carbons (Fsp3) is 1.00. The van der Waals surface area contributed by atoms with Crippen molar-refractivity contribution in [2.75, 3.05) is 7.11 Å². The Morgan fingerprint density at radius 2 is 1.85 bits per heavy atom. The normalized spacial score (nSPS) is 23.5. The van der Waals surface area contributed by atoms with E-state index in [1.807, 2.05) is 0 Å². The molecule has 7 nitrogen and oxygen atoms in total. The van der Waals surface area contributed by atoms with Crippen LogP contribution >= 0.6 is 7.82 Å². The number of hydrogen-bond donors (Lipinski definition) is 4. The van der Waals surface area contributed by atoms with E-state index in [4.69, 9.17) is 20.2 Å². The van der Waals surface area contributed by atoms with Crippen molar-refractivity contribution in [1.82, 2.24) is 0 Å². The molecule has 0 aliphatic carbocycles. The number of hydrogen-bond acceptors (Lipinski definition) is 6. The van der Waals surface area contributed by atoms with Crippen LogP contribution in [-0.4, -0.2) is 55.7 Å². The largest absolute Gasteiger partial charge is 0.474 e. The van der Waals surface area contributed by atoms with Gasteiger partial charge in [-0.15, -0.1) is 0 Å². The van der Waals surface area contributed by atoms with Gasteiger partial charge in [-0.2, -0.15) is 0 Å². The highest BCUT2D eigenvalue weighted by molar-refractivity contribution is 7.47. The van der Waals surface area contributed by atoms with Gasteiger partial charge < -0.3 is 20.2 Å². The molecule has 0 saturated carbocycles. The first-order valence-corrected chi connectivity index (χ1v) is 6.06. The third kappa shape index (κ3) is 4.84. The number of aliphatic hydroxyl groups is 3. The van der Waals surface area contributed by atoms with Crippen LogP contribution in [0.5, 0.6) is 0 Å². The molecule has 0 aliphatic heterocycles. The summed E-state index contributed by atoms with van der Waals surface area (Å²) in [4.78, 5) is 8.69. The summed E-state index contributed by atoms with van der Waals surface area (Å²) >= 11 is 0. The Bertz CT molecular complexity index is 197. The maximum absolute atomic E-state index is 10.7. The summed E-state index contributed by atoms with van der Waals surface area (Å²) in [6.07, 6.45) is -3.55. The molecule has 0 aromatic heterocycles. The molecule has 0 aliphatic rings. The van der Waals surface area contributed by atoms with Crippen LogP contribution in [0.1, 0.15) is 0 Å². The van der Waals surface area contributed by atoms with Gasteiger partial charge in [0.15, 0.2) is 6.29 Å². The van der Waals surface area contributed by atoms with Gasteiger partial charge in [0.25, 0.3) is 0 Å². The van der Waals surface area contributed by atoms with E-state index in [0.29, 0.717) is 0 Å². The van der Waals surface area contributed by atoms with Crippen molar-refractivity contribution in [2.24, 2.45) is 0 Å². The zero-order valence-corrected chi connectivity index (χ0v) is 10.1. The predicted molar refractivity (Wildman–Crippen MR) is 45.9 cm³/mol. The van der Waals surface area contributed by atoms with Crippen molar-refractivity contribution < 1.29 is 33.8 Å². The van der Waals surface area contributed by atoms with Crippen LogP contribution in [0.4, 0.5) is 0 Å². The summed E-state index contributed by atoms with van der Waals surface area (Å²) in [5, 5.41) is 26.7. The van der Waals surface area contributed by atoms with Crippen LogP contribution in [-0.2, 0) is 13.6 Å². The molecular formula is C4H13O7PSi. The van der Waals surface area contributed by atoms with Gasteiger partial charge in [-0.3, -0.25) is 9.05 Å². The van der Waals surface area contributed by atoms with Gasteiger partial charge in [0.2, 0.25) is 0 Å². The zero-order chi connectivity index (χ0) is 10.6. The number of rotatable bonds is 5. The summed E-state index contributed by atoms with van der Waals surface area (Å²) in [6, 6.07) is 0. The van der Waals surface area contributed by atoms with Crippen LogP contribution in [0.15, 0.2) is 0 Å². The van der Waals surface area contributed by atoms with Crippen LogP contribution in [0, 0.1) is 0 Å². The van der Waals surface area contributed by atoms with E-state index < -0.39 is 25.9 Å². The predicted octanol–water partition coefficient (Wildman–Crippen LogP) is -2.89.